The van der Waals surface area contributed by atoms with Crippen LogP contribution in [0.25, 0.3) is 0 Å². The Labute approximate surface area is 131 Å². The van der Waals surface area contributed by atoms with Gasteiger partial charge in [0.1, 0.15) is 12.2 Å². The summed E-state index contributed by atoms with van der Waals surface area (Å²) in [6.45, 7) is 2.29. The van der Waals surface area contributed by atoms with Crippen LogP contribution in [0.1, 0.15) is 64.7 Å². The molecule has 0 nitrogen and oxygen atoms in total. The Kier molecular flexibility index (Phi) is 7.42. The van der Waals surface area contributed by atoms with E-state index in [4.69, 9.17) is 0 Å². The minimum Gasteiger partial charge on any atom is -0.213 e. The Morgan fingerprint density at radius 3 is 2.19 bits per heavy atom. The van der Waals surface area contributed by atoms with Gasteiger partial charge in [0.05, 0.1) is 0 Å². The third kappa shape index (κ3) is 5.19. The van der Waals surface area contributed by atoms with Gasteiger partial charge in [0.15, 0.2) is 0 Å². The Balaban J connectivity index is 1.67. The zero-order chi connectivity index (χ0) is 15.1. The maximum atomic E-state index is 13.3. The van der Waals surface area contributed by atoms with Crippen molar-refractivity contribution in [3.05, 3.63) is 12.2 Å². The molecule has 2 fully saturated rings. The predicted octanol–water partition coefficient (Wildman–Crippen LogP) is 6.40. The van der Waals surface area contributed by atoms with Gasteiger partial charge in [-0.25, -0.2) is 8.78 Å². The molecule has 0 aromatic rings. The van der Waals surface area contributed by atoms with Crippen molar-refractivity contribution < 1.29 is 8.78 Å². The van der Waals surface area contributed by atoms with Gasteiger partial charge in [-0.05, 0) is 37.5 Å². The quantitative estimate of drug-likeness (QED) is 0.393. The van der Waals surface area contributed by atoms with E-state index in [1.54, 1.807) is 18.1 Å². The van der Waals surface area contributed by atoms with Crippen molar-refractivity contribution in [1.29, 1.82) is 0 Å². The summed E-state index contributed by atoms with van der Waals surface area (Å²) >= 11 is 0. The largest absolute Gasteiger partial charge is 0.213 e. The van der Waals surface area contributed by atoms with Crippen LogP contribution in [0.2, 0.25) is 18.1 Å². The summed E-state index contributed by atoms with van der Waals surface area (Å²) in [6.07, 6.45) is 11.3. The van der Waals surface area contributed by atoms with Crippen molar-refractivity contribution in [3.63, 3.8) is 0 Å². The summed E-state index contributed by atoms with van der Waals surface area (Å²) < 4.78 is 25.5. The lowest BCUT2D eigenvalue weighted by atomic mass is 9.73. The first-order valence-corrected chi connectivity index (χ1v) is 11.6. The molecular weight excluding hydrogens is 282 g/mol. The van der Waals surface area contributed by atoms with Crippen LogP contribution in [-0.4, -0.2) is 8.80 Å². The average molecular weight is 315 g/mol. The van der Waals surface area contributed by atoms with Crippen LogP contribution in [-0.2, 0) is 0 Å². The molecule has 0 bridgehead atoms. The Morgan fingerprint density at radius 2 is 1.62 bits per heavy atom. The highest BCUT2D eigenvalue weighted by atomic mass is 28.3. The molecule has 2 rings (SSSR count). The van der Waals surface area contributed by atoms with Gasteiger partial charge in [-0.1, -0.05) is 57.2 Å². The zero-order valence-electron chi connectivity index (χ0n) is 13.6. The number of hydrogen-bond acceptors (Lipinski definition) is 0. The molecule has 0 amide bonds. The van der Waals surface area contributed by atoms with E-state index < -0.39 is 14.6 Å². The first-order valence-electron chi connectivity index (χ1n) is 9.20. The van der Waals surface area contributed by atoms with E-state index >= 15 is 0 Å². The van der Waals surface area contributed by atoms with Crippen molar-refractivity contribution in [3.8, 4) is 0 Å². The van der Waals surface area contributed by atoms with Crippen LogP contribution < -0.4 is 0 Å². The second kappa shape index (κ2) is 9.07. The summed E-state index contributed by atoms with van der Waals surface area (Å²) in [5, 5.41) is 0. The fourth-order valence-corrected chi connectivity index (χ4v) is 8.12. The van der Waals surface area contributed by atoms with Gasteiger partial charge in [0.25, 0.3) is 0 Å². The maximum Gasteiger partial charge on any atom is 0.131 e. The second-order valence-electron chi connectivity index (χ2n) is 7.38. The summed E-state index contributed by atoms with van der Waals surface area (Å²) in [4.78, 5) is 0. The van der Waals surface area contributed by atoms with Gasteiger partial charge in [0, 0.05) is 14.7 Å². The topological polar surface area (TPSA) is 0 Å². The maximum absolute atomic E-state index is 13.3. The van der Waals surface area contributed by atoms with E-state index in [2.05, 4.69) is 6.92 Å². The summed E-state index contributed by atoms with van der Waals surface area (Å²) in [5.74, 6) is 1.07. The van der Waals surface area contributed by atoms with Gasteiger partial charge in [-0.3, -0.25) is 0 Å². The van der Waals surface area contributed by atoms with Gasteiger partial charge in [-0.2, -0.15) is 0 Å². The molecule has 0 radical (unpaired) electrons. The molecule has 0 aromatic heterocycles. The first-order chi connectivity index (χ1) is 10.2. The molecule has 2 aliphatic rings. The average Bonchev–Trinajstić information content (AvgIpc) is 2.55. The highest BCUT2D eigenvalue weighted by Crippen LogP contribution is 2.42. The Bertz CT molecular complexity index is 313. The number of halogens is 2. The van der Waals surface area contributed by atoms with Crippen molar-refractivity contribution in [2.75, 3.05) is 0 Å². The molecule has 0 N–H and O–H groups in total. The smallest absolute Gasteiger partial charge is 0.131 e. The lowest BCUT2D eigenvalue weighted by molar-refractivity contribution is 0.192. The zero-order valence-corrected chi connectivity index (χ0v) is 14.8. The molecule has 1 aliphatic heterocycles. The van der Waals surface area contributed by atoms with Crippen molar-refractivity contribution in [2.24, 2.45) is 17.8 Å². The summed E-state index contributed by atoms with van der Waals surface area (Å²) in [7, 11) is -0.403. The molecule has 1 saturated heterocycles. The molecule has 1 heterocycles. The number of unbranched alkanes of at least 4 members (excludes halogenated alkanes) is 2. The predicted molar refractivity (Wildman–Crippen MR) is 89.6 cm³/mol. The molecule has 21 heavy (non-hydrogen) atoms. The van der Waals surface area contributed by atoms with Crippen molar-refractivity contribution >= 4 is 8.80 Å². The Hall–Kier alpha value is -0.183. The lowest BCUT2D eigenvalue weighted by Gasteiger charge is -2.37. The summed E-state index contributed by atoms with van der Waals surface area (Å²) in [5.41, 5.74) is 0. The third-order valence-corrected chi connectivity index (χ3v) is 9.56. The minimum atomic E-state index is -0.513. The lowest BCUT2D eigenvalue weighted by Crippen LogP contribution is -2.28. The standard InChI is InChI=1S/C18H32F2Si/c1-2-3-4-11-21-12-9-16(10-13-21)15-5-7-17(8-6-15)18(20)14-19/h14-17,21H,2-13H2,1H3/t15-,16-,17-,21-. The van der Waals surface area contributed by atoms with Gasteiger partial charge in [-0.15, -0.1) is 0 Å². The molecule has 1 saturated carbocycles. The molecule has 3 heteroatoms. The molecule has 0 unspecified atom stereocenters. The normalized spacial score (nSPS) is 34.9. The van der Waals surface area contributed by atoms with E-state index in [0.29, 0.717) is 0 Å². The van der Waals surface area contributed by atoms with Crippen molar-refractivity contribution in [1.82, 2.24) is 0 Å². The van der Waals surface area contributed by atoms with E-state index in [0.717, 1.165) is 37.5 Å². The van der Waals surface area contributed by atoms with Crippen LogP contribution in [0.15, 0.2) is 12.2 Å². The third-order valence-electron chi connectivity index (χ3n) is 6.04. The summed E-state index contributed by atoms with van der Waals surface area (Å²) in [6, 6.07) is 4.67. The fourth-order valence-electron chi connectivity index (χ4n) is 4.59. The van der Waals surface area contributed by atoms with E-state index in [9.17, 15) is 8.78 Å². The van der Waals surface area contributed by atoms with Crippen LogP contribution >= 0.6 is 0 Å². The van der Waals surface area contributed by atoms with Crippen LogP contribution in [0.4, 0.5) is 8.78 Å². The van der Waals surface area contributed by atoms with Gasteiger partial charge < -0.3 is 0 Å². The molecular formula is C18H32F2Si. The SMILES string of the molecule is CCCCC[Si@H]1CC[C@H]([C@H]2CC[C@H](C(F)=CF)CC2)CC1. The first kappa shape index (κ1) is 17.2. The van der Waals surface area contributed by atoms with E-state index in [-0.39, 0.29) is 12.2 Å². The van der Waals surface area contributed by atoms with Crippen LogP contribution in [0, 0.1) is 17.8 Å². The van der Waals surface area contributed by atoms with Crippen LogP contribution in [0.3, 0.4) is 0 Å². The van der Waals surface area contributed by atoms with Gasteiger partial charge >= 0.3 is 0 Å². The number of rotatable bonds is 6. The highest BCUT2D eigenvalue weighted by molar-refractivity contribution is 6.58. The monoisotopic (exact) mass is 314 g/mol. The second-order valence-corrected chi connectivity index (χ2v) is 10.8. The van der Waals surface area contributed by atoms with E-state index in [1.165, 1.54) is 32.1 Å². The highest BCUT2D eigenvalue weighted by Gasteiger charge is 2.32. The van der Waals surface area contributed by atoms with Crippen LogP contribution in [0.5, 0.6) is 0 Å². The molecule has 122 valence electrons. The number of hydrogen-bond donors (Lipinski definition) is 0. The molecule has 0 aromatic carbocycles. The van der Waals surface area contributed by atoms with E-state index in [1.807, 2.05) is 0 Å². The minimum absolute atomic E-state index is 0.119. The molecule has 0 atom stereocenters. The van der Waals surface area contributed by atoms with Crippen molar-refractivity contribution in [2.45, 2.75) is 82.8 Å². The molecule has 1 aliphatic carbocycles. The number of allylic oxidation sites excluding steroid dienone is 1. The van der Waals surface area contributed by atoms with Gasteiger partial charge in [0.2, 0.25) is 0 Å². The fraction of sp³-hybridized carbons (Fsp3) is 0.889. The Morgan fingerprint density at radius 1 is 1.00 bits per heavy atom. The molecule has 0 spiro atoms.